The average Bonchev–Trinajstić information content (AvgIpc) is 3.39. The Hall–Kier alpha value is -2.96. The minimum absolute atomic E-state index is 0.281. The Morgan fingerprint density at radius 1 is 0.952 bits per heavy atom. The predicted molar refractivity (Wildman–Crippen MR) is 171 cm³/mol. The Kier molecular flexibility index (Phi) is 15.4. The summed E-state index contributed by atoms with van der Waals surface area (Å²) in [7, 11) is 3.73. The molecular weight excluding hydrogens is 532 g/mol. The van der Waals surface area contributed by atoms with Crippen molar-refractivity contribution in [3.8, 4) is 5.75 Å². The van der Waals surface area contributed by atoms with Crippen LogP contribution in [0.5, 0.6) is 5.75 Å². The fraction of sp³-hybridized carbons (Fsp3) is 0.613. The van der Waals surface area contributed by atoms with E-state index in [1.807, 2.05) is 19.3 Å². The number of nitrogen functional groups attached to an aromatic ring is 1. The van der Waals surface area contributed by atoms with Crippen molar-refractivity contribution < 1.29 is 14.2 Å². The first kappa shape index (κ1) is 33.5. The Morgan fingerprint density at radius 2 is 1.79 bits per heavy atom. The van der Waals surface area contributed by atoms with Crippen LogP contribution in [0.4, 0.5) is 11.8 Å². The number of nitrogens with two attached hydrogens (primary N) is 2. The first-order chi connectivity index (χ1) is 20.6. The third-order valence-corrected chi connectivity index (χ3v) is 7.12. The van der Waals surface area contributed by atoms with Crippen LogP contribution < -0.4 is 26.8 Å². The first-order valence-corrected chi connectivity index (χ1v) is 15.3. The molecule has 11 heteroatoms. The van der Waals surface area contributed by atoms with Gasteiger partial charge in [-0.15, -0.1) is 0 Å². The standard InChI is InChI=1S/C31H52N8O3/c1-4-5-6-13-35-30-29-27(36-31(33)37-30)11-16-39(29)24-26-10-9-25(22-28(26)40-3)23-38(17-14-34-2)15-7-8-18-41-20-21-42-19-12-32/h9-11,16,22,34H,4-8,12-15,17-21,23-24,32H2,1-3H3,(H3,33,35,36,37). The largest absolute Gasteiger partial charge is 0.496 e. The van der Waals surface area contributed by atoms with Crippen molar-refractivity contribution >= 4 is 22.8 Å². The van der Waals surface area contributed by atoms with Gasteiger partial charge in [-0.1, -0.05) is 31.9 Å². The highest BCUT2D eigenvalue weighted by atomic mass is 16.5. The Balaban J connectivity index is 1.62. The second kappa shape index (κ2) is 19.3. The average molecular weight is 585 g/mol. The number of benzene rings is 1. The minimum Gasteiger partial charge on any atom is -0.496 e. The third-order valence-electron chi connectivity index (χ3n) is 7.12. The van der Waals surface area contributed by atoms with Crippen LogP contribution in [-0.4, -0.2) is 92.7 Å². The number of nitrogens with zero attached hydrogens (tertiary/aromatic N) is 4. The summed E-state index contributed by atoms with van der Waals surface area (Å²) in [4.78, 5) is 11.5. The lowest BCUT2D eigenvalue weighted by Gasteiger charge is -2.23. The number of aromatic nitrogens is 3. The highest BCUT2D eigenvalue weighted by Crippen LogP contribution is 2.27. The molecule has 2 aromatic heterocycles. The maximum absolute atomic E-state index is 6.01. The number of hydrogen-bond donors (Lipinski definition) is 4. The number of hydrogen-bond acceptors (Lipinski definition) is 10. The normalized spacial score (nSPS) is 11.5. The number of methoxy groups -OCH3 is 1. The molecule has 0 saturated carbocycles. The molecule has 0 aliphatic rings. The van der Waals surface area contributed by atoms with E-state index in [0.717, 1.165) is 86.8 Å². The van der Waals surface area contributed by atoms with Gasteiger partial charge in [-0.25, -0.2) is 4.98 Å². The van der Waals surface area contributed by atoms with Crippen molar-refractivity contribution in [1.82, 2.24) is 24.8 Å². The van der Waals surface area contributed by atoms with Crippen LogP contribution >= 0.6 is 0 Å². The number of likely N-dealkylation sites (N-methyl/N-ethyl adjacent to an activating group) is 1. The van der Waals surface area contributed by atoms with E-state index in [-0.39, 0.29) is 5.95 Å². The molecule has 0 aliphatic carbocycles. The number of nitrogens with one attached hydrogen (secondary N) is 2. The van der Waals surface area contributed by atoms with Crippen LogP contribution in [0.2, 0.25) is 0 Å². The van der Waals surface area contributed by atoms with Crippen LogP contribution in [0.1, 0.15) is 50.2 Å². The van der Waals surface area contributed by atoms with Crippen LogP contribution in [0.3, 0.4) is 0 Å². The SMILES string of the molecule is CCCCCNc1nc(N)nc2ccn(Cc3ccc(CN(CCCCOCCOCCN)CCNC)cc3OC)c12. The molecule has 3 rings (SSSR count). The molecule has 3 aromatic rings. The highest BCUT2D eigenvalue weighted by Gasteiger charge is 2.14. The summed E-state index contributed by atoms with van der Waals surface area (Å²) in [5.74, 6) is 1.94. The molecule has 42 heavy (non-hydrogen) atoms. The van der Waals surface area contributed by atoms with Gasteiger partial charge in [0.15, 0.2) is 5.82 Å². The molecule has 0 amide bonds. The monoisotopic (exact) mass is 584 g/mol. The second-order valence-corrected chi connectivity index (χ2v) is 10.5. The Labute approximate surface area is 251 Å². The van der Waals surface area contributed by atoms with Crippen molar-refractivity contribution in [3.05, 3.63) is 41.6 Å². The lowest BCUT2D eigenvalue weighted by molar-refractivity contribution is 0.0485. The van der Waals surface area contributed by atoms with Crippen molar-refractivity contribution in [2.24, 2.45) is 5.73 Å². The van der Waals surface area contributed by atoms with E-state index in [0.29, 0.717) is 32.9 Å². The molecule has 0 unspecified atom stereocenters. The zero-order chi connectivity index (χ0) is 30.0. The minimum atomic E-state index is 0.281. The fourth-order valence-electron chi connectivity index (χ4n) is 4.91. The molecular formula is C31H52N8O3. The van der Waals surface area contributed by atoms with Crippen molar-refractivity contribution in [3.63, 3.8) is 0 Å². The summed E-state index contributed by atoms with van der Waals surface area (Å²) in [6.45, 7) is 10.6. The molecule has 0 radical (unpaired) electrons. The van der Waals surface area contributed by atoms with Gasteiger partial charge < -0.3 is 40.9 Å². The number of fused-ring (bicyclic) bond motifs is 1. The van der Waals surface area contributed by atoms with Crippen LogP contribution in [0, 0.1) is 0 Å². The molecule has 1 aromatic carbocycles. The van der Waals surface area contributed by atoms with Crippen molar-refractivity contribution in [2.45, 2.75) is 52.1 Å². The van der Waals surface area contributed by atoms with Gasteiger partial charge in [0.2, 0.25) is 5.95 Å². The van der Waals surface area contributed by atoms with E-state index >= 15 is 0 Å². The lowest BCUT2D eigenvalue weighted by atomic mass is 10.1. The van der Waals surface area contributed by atoms with E-state index in [1.165, 1.54) is 18.4 Å². The number of ether oxygens (including phenoxy) is 3. The molecule has 0 saturated heterocycles. The van der Waals surface area contributed by atoms with Crippen molar-refractivity contribution in [2.75, 3.05) is 84.4 Å². The molecule has 0 bridgehead atoms. The molecule has 0 atom stereocenters. The molecule has 6 N–H and O–H groups in total. The molecule has 2 heterocycles. The molecule has 11 nitrogen and oxygen atoms in total. The molecule has 234 valence electrons. The quantitative estimate of drug-likeness (QED) is 0.123. The van der Waals surface area contributed by atoms with Crippen LogP contribution in [-0.2, 0) is 22.6 Å². The zero-order valence-electron chi connectivity index (χ0n) is 25.9. The van der Waals surface area contributed by atoms with Gasteiger partial charge in [0.1, 0.15) is 11.3 Å². The van der Waals surface area contributed by atoms with E-state index in [9.17, 15) is 0 Å². The topological polar surface area (TPSA) is 138 Å². The van der Waals surface area contributed by atoms with Gasteiger partial charge >= 0.3 is 0 Å². The third kappa shape index (κ3) is 11.0. The number of unbranched alkanes of at least 4 members (excludes halogenated alkanes) is 3. The fourth-order valence-corrected chi connectivity index (χ4v) is 4.91. The summed E-state index contributed by atoms with van der Waals surface area (Å²) in [6.07, 6.45) is 7.56. The summed E-state index contributed by atoms with van der Waals surface area (Å²) in [5.41, 5.74) is 15.6. The maximum atomic E-state index is 6.01. The van der Waals surface area contributed by atoms with E-state index in [2.05, 4.69) is 55.2 Å². The summed E-state index contributed by atoms with van der Waals surface area (Å²) in [5, 5.41) is 6.76. The highest BCUT2D eigenvalue weighted by molar-refractivity contribution is 5.87. The second-order valence-electron chi connectivity index (χ2n) is 10.5. The van der Waals surface area contributed by atoms with E-state index in [1.54, 1.807) is 7.11 Å². The molecule has 0 fully saturated rings. The zero-order valence-corrected chi connectivity index (χ0v) is 25.9. The summed E-state index contributed by atoms with van der Waals surface area (Å²) < 4.78 is 19.1. The van der Waals surface area contributed by atoms with E-state index < -0.39 is 0 Å². The smallest absolute Gasteiger partial charge is 0.222 e. The van der Waals surface area contributed by atoms with Gasteiger partial charge in [0, 0.05) is 51.1 Å². The summed E-state index contributed by atoms with van der Waals surface area (Å²) in [6, 6.07) is 8.53. The van der Waals surface area contributed by atoms with Gasteiger partial charge in [0.25, 0.3) is 0 Å². The maximum Gasteiger partial charge on any atom is 0.222 e. The van der Waals surface area contributed by atoms with Gasteiger partial charge in [-0.05, 0) is 50.6 Å². The summed E-state index contributed by atoms with van der Waals surface area (Å²) >= 11 is 0. The van der Waals surface area contributed by atoms with Gasteiger partial charge in [-0.2, -0.15) is 4.98 Å². The predicted octanol–water partition coefficient (Wildman–Crippen LogP) is 3.47. The van der Waals surface area contributed by atoms with Crippen LogP contribution in [0.25, 0.3) is 11.0 Å². The van der Waals surface area contributed by atoms with E-state index in [4.69, 9.17) is 25.7 Å². The Bertz CT molecular complexity index is 1170. The van der Waals surface area contributed by atoms with Gasteiger partial charge in [0.05, 0.1) is 39.0 Å². The molecule has 0 aliphatic heterocycles. The number of anilines is 2. The van der Waals surface area contributed by atoms with Crippen molar-refractivity contribution in [1.29, 1.82) is 0 Å². The number of rotatable bonds is 23. The first-order valence-electron chi connectivity index (χ1n) is 15.3. The molecule has 0 spiro atoms. The van der Waals surface area contributed by atoms with Crippen LogP contribution in [0.15, 0.2) is 30.5 Å². The lowest BCUT2D eigenvalue weighted by Crippen LogP contribution is -2.31. The van der Waals surface area contributed by atoms with Gasteiger partial charge in [-0.3, -0.25) is 4.90 Å². The Morgan fingerprint density at radius 3 is 2.55 bits per heavy atom.